The number of thioether (sulfide) groups is 1. The van der Waals surface area contributed by atoms with Crippen LogP contribution in [-0.2, 0) is 9.53 Å². The van der Waals surface area contributed by atoms with Gasteiger partial charge in [-0.15, -0.1) is 11.8 Å². The molecule has 92 valence electrons. The molecule has 1 aromatic rings. The summed E-state index contributed by atoms with van der Waals surface area (Å²) in [6.45, 7) is 3.84. The van der Waals surface area contributed by atoms with Gasteiger partial charge in [-0.25, -0.2) is 4.79 Å². The van der Waals surface area contributed by atoms with E-state index in [9.17, 15) is 9.59 Å². The molecule has 4 nitrogen and oxygen atoms in total. The molecule has 5 heteroatoms. The molecule has 1 N–H and O–H groups in total. The topological polar surface area (TPSA) is 63.6 Å². The Hall–Kier alpha value is -1.49. The van der Waals surface area contributed by atoms with E-state index >= 15 is 0 Å². The Morgan fingerprint density at radius 2 is 2.12 bits per heavy atom. The quantitative estimate of drug-likeness (QED) is 0.645. The van der Waals surface area contributed by atoms with E-state index in [-0.39, 0.29) is 17.3 Å². The highest BCUT2D eigenvalue weighted by atomic mass is 32.2. The van der Waals surface area contributed by atoms with E-state index in [1.54, 1.807) is 32.0 Å². The number of aromatic carboxylic acids is 1. The molecule has 1 rings (SSSR count). The van der Waals surface area contributed by atoms with E-state index in [0.29, 0.717) is 12.2 Å². The summed E-state index contributed by atoms with van der Waals surface area (Å²) in [5, 5.41) is 8.95. The van der Waals surface area contributed by atoms with E-state index in [1.165, 1.54) is 11.8 Å². The summed E-state index contributed by atoms with van der Waals surface area (Å²) in [7, 11) is 0. The average molecular weight is 254 g/mol. The van der Waals surface area contributed by atoms with Crippen LogP contribution in [0.2, 0.25) is 0 Å². The number of benzene rings is 1. The molecule has 0 saturated heterocycles. The highest BCUT2D eigenvalue weighted by molar-refractivity contribution is 8.00. The van der Waals surface area contributed by atoms with Crippen molar-refractivity contribution in [1.29, 1.82) is 0 Å². The summed E-state index contributed by atoms with van der Waals surface area (Å²) in [6, 6.07) is 5.10. The smallest absolute Gasteiger partial charge is 0.335 e. The predicted molar refractivity (Wildman–Crippen MR) is 65.5 cm³/mol. The van der Waals surface area contributed by atoms with Gasteiger partial charge in [0, 0.05) is 4.90 Å². The van der Waals surface area contributed by atoms with Gasteiger partial charge in [0.15, 0.2) is 0 Å². The third-order valence-electron chi connectivity index (χ3n) is 2.10. The monoisotopic (exact) mass is 254 g/mol. The summed E-state index contributed by atoms with van der Waals surface area (Å²) in [4.78, 5) is 22.8. The number of hydrogen-bond donors (Lipinski definition) is 1. The third kappa shape index (κ3) is 4.11. The van der Waals surface area contributed by atoms with Crippen LogP contribution in [0, 0.1) is 6.92 Å². The van der Waals surface area contributed by atoms with Crippen LogP contribution in [0.25, 0.3) is 0 Å². The Morgan fingerprint density at radius 1 is 1.41 bits per heavy atom. The molecule has 0 spiro atoms. The van der Waals surface area contributed by atoms with Gasteiger partial charge < -0.3 is 9.84 Å². The van der Waals surface area contributed by atoms with Gasteiger partial charge in [0.25, 0.3) is 0 Å². The first-order valence-corrected chi connectivity index (χ1v) is 6.15. The molecule has 0 amide bonds. The summed E-state index contributed by atoms with van der Waals surface area (Å²) in [5.74, 6) is -1.06. The highest BCUT2D eigenvalue weighted by Gasteiger charge is 2.09. The van der Waals surface area contributed by atoms with Gasteiger partial charge in [0.1, 0.15) is 0 Å². The summed E-state index contributed by atoms with van der Waals surface area (Å²) in [6.07, 6.45) is 0. The minimum Gasteiger partial charge on any atom is -0.478 e. The first-order valence-electron chi connectivity index (χ1n) is 5.17. The van der Waals surface area contributed by atoms with Crippen LogP contribution in [0.15, 0.2) is 23.1 Å². The molecule has 17 heavy (non-hydrogen) atoms. The molecule has 0 fully saturated rings. The summed E-state index contributed by atoms with van der Waals surface area (Å²) >= 11 is 1.27. The fourth-order valence-corrected chi connectivity index (χ4v) is 2.00. The van der Waals surface area contributed by atoms with Gasteiger partial charge in [-0.1, -0.05) is 6.07 Å². The number of esters is 1. The second kappa shape index (κ2) is 6.30. The van der Waals surface area contributed by atoms with E-state index in [1.807, 2.05) is 0 Å². The zero-order chi connectivity index (χ0) is 12.8. The van der Waals surface area contributed by atoms with Crippen molar-refractivity contribution in [2.45, 2.75) is 18.7 Å². The van der Waals surface area contributed by atoms with Gasteiger partial charge in [-0.2, -0.15) is 0 Å². The van der Waals surface area contributed by atoms with E-state index in [4.69, 9.17) is 9.84 Å². The first kappa shape index (κ1) is 13.6. The fraction of sp³-hybridized carbons (Fsp3) is 0.333. The minimum absolute atomic E-state index is 0.190. The zero-order valence-electron chi connectivity index (χ0n) is 9.73. The maximum atomic E-state index is 11.1. The maximum Gasteiger partial charge on any atom is 0.335 e. The van der Waals surface area contributed by atoms with Gasteiger partial charge in [-0.05, 0) is 31.5 Å². The second-order valence-electron chi connectivity index (χ2n) is 3.38. The normalized spacial score (nSPS) is 10.0. The number of aryl methyl sites for hydroxylation is 1. The van der Waals surface area contributed by atoms with Crippen molar-refractivity contribution in [3.05, 3.63) is 29.3 Å². The summed E-state index contributed by atoms with van der Waals surface area (Å²) < 4.78 is 4.79. The summed E-state index contributed by atoms with van der Waals surface area (Å²) in [5.41, 5.74) is 0.969. The predicted octanol–water partition coefficient (Wildman–Crippen LogP) is 2.35. The van der Waals surface area contributed by atoms with Crippen molar-refractivity contribution in [2.75, 3.05) is 12.4 Å². The number of ether oxygens (including phenoxy) is 1. The van der Waals surface area contributed by atoms with E-state index < -0.39 is 5.97 Å². The molecule has 0 aliphatic rings. The molecule has 0 atom stereocenters. The maximum absolute atomic E-state index is 11.1. The lowest BCUT2D eigenvalue weighted by molar-refractivity contribution is -0.139. The van der Waals surface area contributed by atoms with Crippen molar-refractivity contribution in [2.24, 2.45) is 0 Å². The van der Waals surface area contributed by atoms with Crippen LogP contribution >= 0.6 is 11.8 Å². The van der Waals surface area contributed by atoms with Crippen LogP contribution in [-0.4, -0.2) is 29.4 Å². The Kier molecular flexibility index (Phi) is 5.03. The lowest BCUT2D eigenvalue weighted by Gasteiger charge is -2.05. The largest absolute Gasteiger partial charge is 0.478 e. The van der Waals surface area contributed by atoms with Crippen LogP contribution in [0.4, 0.5) is 0 Å². The third-order valence-corrected chi connectivity index (χ3v) is 3.07. The lowest BCUT2D eigenvalue weighted by Crippen LogP contribution is -2.06. The van der Waals surface area contributed by atoms with Crippen molar-refractivity contribution >= 4 is 23.7 Å². The fourth-order valence-electron chi connectivity index (χ4n) is 1.27. The molecule has 1 aromatic carbocycles. The lowest BCUT2D eigenvalue weighted by atomic mass is 10.1. The standard InChI is InChI=1S/C12H14O4S/c1-3-16-11(13)7-17-9-5-4-8(2)10(6-9)12(14)15/h4-6H,3,7H2,1-2H3,(H,14,15). The number of carboxylic acids is 1. The number of carbonyl (C=O) groups excluding carboxylic acids is 1. The number of carboxylic acid groups (broad SMARTS) is 1. The van der Waals surface area contributed by atoms with Gasteiger partial charge >= 0.3 is 11.9 Å². The number of hydrogen-bond acceptors (Lipinski definition) is 4. The molecule has 0 unspecified atom stereocenters. The number of rotatable bonds is 5. The molecule has 0 heterocycles. The van der Waals surface area contributed by atoms with Crippen LogP contribution in [0.3, 0.4) is 0 Å². The molecule has 0 radical (unpaired) electrons. The Labute approximate surface area is 104 Å². The van der Waals surface area contributed by atoms with Crippen LogP contribution in [0.1, 0.15) is 22.8 Å². The molecule has 0 aliphatic carbocycles. The number of carbonyl (C=O) groups is 2. The molecule has 0 saturated carbocycles. The van der Waals surface area contributed by atoms with Gasteiger partial charge in [-0.3, -0.25) is 4.79 Å². The Balaban J connectivity index is 2.69. The molecule has 0 bridgehead atoms. The SMILES string of the molecule is CCOC(=O)CSc1ccc(C)c(C(=O)O)c1. The van der Waals surface area contributed by atoms with Crippen LogP contribution < -0.4 is 0 Å². The highest BCUT2D eigenvalue weighted by Crippen LogP contribution is 2.21. The van der Waals surface area contributed by atoms with Crippen molar-refractivity contribution in [3.63, 3.8) is 0 Å². The zero-order valence-corrected chi connectivity index (χ0v) is 10.5. The van der Waals surface area contributed by atoms with Crippen molar-refractivity contribution in [1.82, 2.24) is 0 Å². The minimum atomic E-state index is -0.957. The molecular formula is C12H14O4S. The van der Waals surface area contributed by atoms with E-state index in [2.05, 4.69) is 0 Å². The van der Waals surface area contributed by atoms with Crippen molar-refractivity contribution < 1.29 is 19.4 Å². The van der Waals surface area contributed by atoms with Crippen molar-refractivity contribution in [3.8, 4) is 0 Å². The van der Waals surface area contributed by atoms with Crippen LogP contribution in [0.5, 0.6) is 0 Å². The second-order valence-corrected chi connectivity index (χ2v) is 4.42. The van der Waals surface area contributed by atoms with E-state index in [0.717, 1.165) is 4.90 Å². The van der Waals surface area contributed by atoms with Gasteiger partial charge in [0.2, 0.25) is 0 Å². The van der Waals surface area contributed by atoms with Gasteiger partial charge in [0.05, 0.1) is 17.9 Å². The Bertz CT molecular complexity index is 429. The Morgan fingerprint density at radius 3 is 2.71 bits per heavy atom. The molecular weight excluding hydrogens is 240 g/mol. The first-order chi connectivity index (χ1) is 8.04. The average Bonchev–Trinajstić information content (AvgIpc) is 2.28. The molecule has 0 aromatic heterocycles. The molecule has 0 aliphatic heterocycles.